The number of hydrogen-bond donors (Lipinski definition) is 2. The molecule has 0 aromatic carbocycles. The number of H-pyrrole nitrogens is 1. The van der Waals surface area contributed by atoms with E-state index in [0.717, 1.165) is 10.7 Å². The Kier molecular flexibility index (Phi) is 3.88. The summed E-state index contributed by atoms with van der Waals surface area (Å²) in [6.07, 6.45) is 2.16. The lowest BCUT2D eigenvalue weighted by atomic mass is 10.2. The first-order valence-electron chi connectivity index (χ1n) is 5.54. The van der Waals surface area contributed by atoms with Crippen LogP contribution in [0, 0.1) is 6.92 Å². The monoisotopic (exact) mass is 263 g/mol. The summed E-state index contributed by atoms with van der Waals surface area (Å²) in [4.78, 5) is 29.8. The maximum absolute atomic E-state index is 11.7. The minimum absolute atomic E-state index is 0.131. The molecule has 0 saturated carbocycles. The van der Waals surface area contributed by atoms with Gasteiger partial charge in [0.15, 0.2) is 0 Å². The number of hydrogen-bond acceptors (Lipinski definition) is 4. The van der Waals surface area contributed by atoms with Crippen LogP contribution in [0.25, 0.3) is 0 Å². The molecule has 0 fully saturated rings. The predicted molar refractivity (Wildman–Crippen MR) is 70.0 cm³/mol. The van der Waals surface area contributed by atoms with Crippen LogP contribution in [-0.4, -0.2) is 22.4 Å². The summed E-state index contributed by atoms with van der Waals surface area (Å²) in [5.74, 6) is -0.358. The molecule has 0 aliphatic heterocycles. The van der Waals surface area contributed by atoms with Gasteiger partial charge in [-0.3, -0.25) is 9.59 Å². The molecule has 18 heavy (non-hydrogen) atoms. The van der Waals surface area contributed by atoms with Gasteiger partial charge in [-0.2, -0.15) is 0 Å². The Hall–Kier alpha value is -1.95. The summed E-state index contributed by atoms with van der Waals surface area (Å²) in [6, 6.07) is 3.13. The van der Waals surface area contributed by atoms with Crippen molar-refractivity contribution in [2.45, 2.75) is 13.3 Å². The highest BCUT2D eigenvalue weighted by atomic mass is 32.1. The summed E-state index contributed by atoms with van der Waals surface area (Å²) in [7, 11) is 0. The average Bonchev–Trinajstić information content (AvgIpc) is 2.75. The van der Waals surface area contributed by atoms with Gasteiger partial charge in [0.05, 0.1) is 10.7 Å². The lowest BCUT2D eigenvalue weighted by Gasteiger charge is -2.02. The van der Waals surface area contributed by atoms with Gasteiger partial charge in [-0.15, -0.1) is 11.3 Å². The molecule has 0 radical (unpaired) electrons. The predicted octanol–water partition coefficient (Wildman–Crippen LogP) is 1.11. The van der Waals surface area contributed by atoms with E-state index in [-0.39, 0.29) is 17.0 Å². The van der Waals surface area contributed by atoms with Crippen LogP contribution in [0.15, 0.2) is 28.5 Å². The van der Waals surface area contributed by atoms with E-state index in [1.165, 1.54) is 12.3 Å². The first-order chi connectivity index (χ1) is 8.66. The van der Waals surface area contributed by atoms with Gasteiger partial charge in [0.2, 0.25) is 0 Å². The molecule has 0 saturated heterocycles. The third-order valence-electron chi connectivity index (χ3n) is 2.40. The number of aromatic amines is 1. The standard InChI is InChI=1S/C12H13N3O2S/c1-8-15-9(7-18-8)4-6-14-12(17)10-3-2-5-13-11(10)16/h2-3,5,7H,4,6H2,1H3,(H,13,16)(H,14,17). The molecule has 5 nitrogen and oxygen atoms in total. The molecule has 94 valence electrons. The molecule has 2 aromatic heterocycles. The SMILES string of the molecule is Cc1nc(CCNC(=O)c2ccc[nH]c2=O)cs1. The zero-order valence-electron chi connectivity index (χ0n) is 9.90. The Morgan fingerprint density at radius 1 is 1.56 bits per heavy atom. The summed E-state index contributed by atoms with van der Waals surface area (Å²) >= 11 is 1.58. The fourth-order valence-electron chi connectivity index (χ4n) is 1.52. The number of aromatic nitrogens is 2. The molecule has 0 aliphatic carbocycles. The first-order valence-corrected chi connectivity index (χ1v) is 6.41. The van der Waals surface area contributed by atoms with Gasteiger partial charge in [0.1, 0.15) is 5.56 Å². The maximum Gasteiger partial charge on any atom is 0.260 e. The molecular weight excluding hydrogens is 250 g/mol. The molecule has 2 rings (SSSR count). The van der Waals surface area contributed by atoms with Crippen LogP contribution in [0.2, 0.25) is 0 Å². The van der Waals surface area contributed by atoms with Gasteiger partial charge in [0.25, 0.3) is 11.5 Å². The Morgan fingerprint density at radius 3 is 3.06 bits per heavy atom. The molecule has 0 atom stereocenters. The Morgan fingerprint density at radius 2 is 2.39 bits per heavy atom. The van der Waals surface area contributed by atoms with E-state index in [1.807, 2.05) is 12.3 Å². The number of amides is 1. The fourth-order valence-corrected chi connectivity index (χ4v) is 2.17. The Balaban J connectivity index is 1.89. The van der Waals surface area contributed by atoms with Crippen molar-refractivity contribution in [3.8, 4) is 0 Å². The molecule has 0 bridgehead atoms. The van der Waals surface area contributed by atoms with Crippen molar-refractivity contribution in [2.24, 2.45) is 0 Å². The highest BCUT2D eigenvalue weighted by Crippen LogP contribution is 2.07. The molecule has 6 heteroatoms. The van der Waals surface area contributed by atoms with Crippen molar-refractivity contribution in [2.75, 3.05) is 6.54 Å². The topological polar surface area (TPSA) is 74.8 Å². The van der Waals surface area contributed by atoms with Crippen LogP contribution in [0.3, 0.4) is 0 Å². The van der Waals surface area contributed by atoms with Crippen molar-refractivity contribution in [1.29, 1.82) is 0 Å². The Bertz CT molecular complexity index is 603. The summed E-state index contributed by atoms with van der Waals surface area (Å²) in [5.41, 5.74) is 0.714. The van der Waals surface area contributed by atoms with Crippen molar-refractivity contribution in [3.63, 3.8) is 0 Å². The third kappa shape index (κ3) is 3.04. The summed E-state index contributed by atoms with van der Waals surface area (Å²) < 4.78 is 0. The number of pyridine rings is 1. The van der Waals surface area contributed by atoms with E-state index in [4.69, 9.17) is 0 Å². The molecule has 0 spiro atoms. The second kappa shape index (κ2) is 5.59. The van der Waals surface area contributed by atoms with Crippen molar-refractivity contribution in [3.05, 3.63) is 50.3 Å². The highest BCUT2D eigenvalue weighted by Gasteiger charge is 2.08. The number of aryl methyl sites for hydroxylation is 1. The van der Waals surface area contributed by atoms with E-state index < -0.39 is 0 Å². The molecule has 0 aliphatic rings. The van der Waals surface area contributed by atoms with Gasteiger partial charge in [-0.1, -0.05) is 0 Å². The van der Waals surface area contributed by atoms with Crippen molar-refractivity contribution >= 4 is 17.2 Å². The van der Waals surface area contributed by atoms with Gasteiger partial charge in [-0.25, -0.2) is 4.98 Å². The van der Waals surface area contributed by atoms with Crippen LogP contribution >= 0.6 is 11.3 Å². The van der Waals surface area contributed by atoms with Gasteiger partial charge in [0, 0.05) is 24.5 Å². The molecule has 2 aromatic rings. The summed E-state index contributed by atoms with van der Waals surface area (Å²) in [6.45, 7) is 2.41. The molecule has 1 amide bonds. The van der Waals surface area contributed by atoms with Crippen LogP contribution in [0.4, 0.5) is 0 Å². The molecule has 2 heterocycles. The summed E-state index contributed by atoms with van der Waals surface area (Å²) in [5, 5.41) is 5.68. The van der Waals surface area contributed by atoms with Gasteiger partial charge in [-0.05, 0) is 19.1 Å². The van der Waals surface area contributed by atoms with Crippen LogP contribution in [-0.2, 0) is 6.42 Å². The van der Waals surface area contributed by atoms with Crippen molar-refractivity contribution < 1.29 is 4.79 Å². The number of nitrogens with one attached hydrogen (secondary N) is 2. The molecular formula is C12H13N3O2S. The number of nitrogens with zero attached hydrogens (tertiary/aromatic N) is 1. The average molecular weight is 263 g/mol. The number of rotatable bonds is 4. The Labute approximate surface area is 108 Å². The fraction of sp³-hybridized carbons (Fsp3) is 0.250. The van der Waals surface area contributed by atoms with E-state index in [9.17, 15) is 9.59 Å². The molecule has 2 N–H and O–H groups in total. The second-order valence-electron chi connectivity index (χ2n) is 3.78. The lowest BCUT2D eigenvalue weighted by molar-refractivity contribution is 0.0952. The van der Waals surface area contributed by atoms with Crippen LogP contribution < -0.4 is 10.9 Å². The van der Waals surface area contributed by atoms with Gasteiger partial charge < -0.3 is 10.3 Å². The third-order valence-corrected chi connectivity index (χ3v) is 3.22. The minimum atomic E-state index is -0.375. The number of thiazole rings is 1. The smallest absolute Gasteiger partial charge is 0.260 e. The van der Waals surface area contributed by atoms with Crippen LogP contribution in [0.5, 0.6) is 0 Å². The van der Waals surface area contributed by atoms with Gasteiger partial charge >= 0.3 is 0 Å². The zero-order chi connectivity index (χ0) is 13.0. The first kappa shape index (κ1) is 12.5. The van der Waals surface area contributed by atoms with E-state index in [2.05, 4.69) is 15.3 Å². The normalized spacial score (nSPS) is 10.3. The zero-order valence-corrected chi connectivity index (χ0v) is 10.7. The minimum Gasteiger partial charge on any atom is -0.351 e. The quantitative estimate of drug-likeness (QED) is 0.867. The van der Waals surface area contributed by atoms with Crippen LogP contribution in [0.1, 0.15) is 21.1 Å². The van der Waals surface area contributed by atoms with Crippen molar-refractivity contribution in [1.82, 2.24) is 15.3 Å². The van der Waals surface area contributed by atoms with E-state index in [1.54, 1.807) is 17.4 Å². The second-order valence-corrected chi connectivity index (χ2v) is 4.84. The lowest BCUT2D eigenvalue weighted by Crippen LogP contribution is -2.30. The highest BCUT2D eigenvalue weighted by molar-refractivity contribution is 7.09. The van der Waals surface area contributed by atoms with E-state index in [0.29, 0.717) is 13.0 Å². The largest absolute Gasteiger partial charge is 0.351 e. The van der Waals surface area contributed by atoms with E-state index >= 15 is 0 Å². The number of carbonyl (C=O) groups excluding carboxylic acids is 1. The number of carbonyl (C=O) groups is 1. The maximum atomic E-state index is 11.7. The molecule has 0 unspecified atom stereocenters.